The van der Waals surface area contributed by atoms with Crippen LogP contribution < -0.4 is 4.90 Å². The Morgan fingerprint density at radius 2 is 2.11 bits per heavy atom. The van der Waals surface area contributed by atoms with Gasteiger partial charge in [0.1, 0.15) is 4.88 Å². The van der Waals surface area contributed by atoms with Crippen molar-refractivity contribution < 1.29 is 4.79 Å². The molecule has 2 rings (SSSR count). The van der Waals surface area contributed by atoms with Gasteiger partial charge in [-0.3, -0.25) is 4.79 Å². The number of carbonyl (C=O) groups is 1. The van der Waals surface area contributed by atoms with Gasteiger partial charge in [0.2, 0.25) is 0 Å². The van der Waals surface area contributed by atoms with Crippen molar-refractivity contribution in [1.29, 1.82) is 0 Å². The van der Waals surface area contributed by atoms with Crippen LogP contribution in [0, 0.1) is 0 Å². The van der Waals surface area contributed by atoms with Crippen molar-refractivity contribution in [3.8, 4) is 0 Å². The number of aldehydes is 1. The molecule has 1 heterocycles. The van der Waals surface area contributed by atoms with Gasteiger partial charge in [0.25, 0.3) is 0 Å². The van der Waals surface area contributed by atoms with Crippen molar-refractivity contribution in [3.05, 3.63) is 40.4 Å². The van der Waals surface area contributed by atoms with Gasteiger partial charge in [0, 0.05) is 12.2 Å². The van der Waals surface area contributed by atoms with Crippen LogP contribution in [0.4, 0.5) is 10.8 Å². The van der Waals surface area contributed by atoms with Crippen LogP contribution in [-0.4, -0.2) is 17.8 Å². The van der Waals surface area contributed by atoms with Crippen LogP contribution in [0.15, 0.2) is 30.3 Å². The minimum atomic E-state index is 0.285. The quantitative estimate of drug-likeness (QED) is 0.733. The van der Waals surface area contributed by atoms with E-state index in [4.69, 9.17) is 11.6 Å². The lowest BCUT2D eigenvalue weighted by Gasteiger charge is -2.21. The fourth-order valence-electron chi connectivity index (χ4n) is 1.75. The Morgan fingerprint density at radius 3 is 2.68 bits per heavy atom. The minimum absolute atomic E-state index is 0.285. The molecule has 5 heteroatoms. The summed E-state index contributed by atoms with van der Waals surface area (Å²) < 4.78 is 0. The third-order valence-corrected chi connectivity index (χ3v) is 4.14. The molecule has 3 nitrogen and oxygen atoms in total. The molecule has 0 N–H and O–H groups in total. The van der Waals surface area contributed by atoms with E-state index in [1.807, 2.05) is 30.3 Å². The Balaban J connectivity index is 2.34. The van der Waals surface area contributed by atoms with Gasteiger partial charge in [0.05, 0.1) is 0 Å². The molecule has 0 unspecified atom stereocenters. The predicted octanol–water partition coefficient (Wildman–Crippen LogP) is 4.55. The number of hydrogen-bond acceptors (Lipinski definition) is 4. The van der Waals surface area contributed by atoms with Gasteiger partial charge < -0.3 is 4.90 Å². The third kappa shape index (κ3) is 3.33. The molecule has 0 aliphatic heterocycles. The van der Waals surface area contributed by atoms with Crippen LogP contribution in [0.1, 0.15) is 29.4 Å². The zero-order valence-electron chi connectivity index (χ0n) is 10.7. The second-order valence-corrected chi connectivity index (χ2v) is 5.48. The summed E-state index contributed by atoms with van der Waals surface area (Å²) in [5.74, 6) is 0. The fourth-order valence-corrected chi connectivity index (χ4v) is 2.86. The van der Waals surface area contributed by atoms with Gasteiger partial charge in [-0.05, 0) is 18.6 Å². The minimum Gasteiger partial charge on any atom is -0.318 e. The SMILES string of the molecule is CCCCN(c1ccccc1)c1nc(Cl)c(C=O)s1. The van der Waals surface area contributed by atoms with Gasteiger partial charge in [-0.15, -0.1) is 0 Å². The monoisotopic (exact) mass is 294 g/mol. The van der Waals surface area contributed by atoms with E-state index in [0.717, 1.165) is 36.5 Å². The number of rotatable bonds is 6. The first-order valence-electron chi connectivity index (χ1n) is 6.20. The molecule has 0 bridgehead atoms. The average Bonchev–Trinajstić information content (AvgIpc) is 2.81. The highest BCUT2D eigenvalue weighted by Crippen LogP contribution is 2.33. The van der Waals surface area contributed by atoms with Crippen LogP contribution >= 0.6 is 22.9 Å². The molecule has 100 valence electrons. The van der Waals surface area contributed by atoms with Crippen LogP contribution in [0.3, 0.4) is 0 Å². The summed E-state index contributed by atoms with van der Waals surface area (Å²) in [5.41, 5.74) is 1.07. The Morgan fingerprint density at radius 1 is 1.37 bits per heavy atom. The highest BCUT2D eigenvalue weighted by molar-refractivity contribution is 7.17. The summed E-state index contributed by atoms with van der Waals surface area (Å²) in [7, 11) is 0. The summed E-state index contributed by atoms with van der Waals surface area (Å²) in [6.45, 7) is 3.01. The zero-order valence-corrected chi connectivity index (χ0v) is 12.2. The van der Waals surface area contributed by atoms with Crippen molar-refractivity contribution in [3.63, 3.8) is 0 Å². The number of benzene rings is 1. The first-order valence-corrected chi connectivity index (χ1v) is 7.39. The number of nitrogens with zero attached hydrogens (tertiary/aromatic N) is 2. The van der Waals surface area contributed by atoms with E-state index < -0.39 is 0 Å². The summed E-state index contributed by atoms with van der Waals surface area (Å²) in [5, 5.41) is 1.05. The Bertz CT molecular complexity index is 542. The number of para-hydroxylation sites is 1. The van der Waals surface area contributed by atoms with Gasteiger partial charge in [-0.25, -0.2) is 4.98 Å². The molecule has 0 aliphatic carbocycles. The largest absolute Gasteiger partial charge is 0.318 e. The molecule has 1 aromatic carbocycles. The maximum atomic E-state index is 10.9. The molecule has 2 aromatic rings. The van der Waals surface area contributed by atoms with Crippen molar-refractivity contribution >= 4 is 40.0 Å². The molecule has 1 aromatic heterocycles. The fraction of sp³-hybridized carbons (Fsp3) is 0.286. The van der Waals surface area contributed by atoms with E-state index in [1.54, 1.807) is 0 Å². The molecule has 0 aliphatic rings. The van der Waals surface area contributed by atoms with Gasteiger partial charge >= 0.3 is 0 Å². The Hall–Kier alpha value is -1.39. The number of unbranched alkanes of at least 4 members (excludes halogenated alkanes) is 1. The lowest BCUT2D eigenvalue weighted by molar-refractivity contribution is 0.112. The molecule has 0 spiro atoms. The number of carbonyl (C=O) groups excluding carboxylic acids is 1. The first-order chi connectivity index (χ1) is 9.26. The molecule has 0 fully saturated rings. The summed E-state index contributed by atoms with van der Waals surface area (Å²) >= 11 is 7.28. The summed E-state index contributed by atoms with van der Waals surface area (Å²) in [4.78, 5) is 17.8. The molecule has 0 saturated carbocycles. The molecule has 0 atom stereocenters. The molecular formula is C14H15ClN2OS. The molecule has 0 saturated heterocycles. The van der Waals surface area contributed by atoms with E-state index in [0.29, 0.717) is 4.88 Å². The summed E-state index contributed by atoms with van der Waals surface area (Å²) in [6, 6.07) is 10.0. The molecule has 0 amide bonds. The molecule has 0 radical (unpaired) electrons. The Kier molecular flexibility index (Phi) is 4.93. The zero-order chi connectivity index (χ0) is 13.7. The highest BCUT2D eigenvalue weighted by atomic mass is 35.5. The van der Waals surface area contributed by atoms with E-state index in [2.05, 4.69) is 16.8 Å². The van der Waals surface area contributed by atoms with Gasteiger partial charge in [-0.2, -0.15) is 0 Å². The lowest BCUT2D eigenvalue weighted by atomic mass is 10.2. The van der Waals surface area contributed by atoms with Crippen molar-refractivity contribution in [1.82, 2.24) is 4.98 Å². The number of thiazole rings is 1. The normalized spacial score (nSPS) is 10.4. The molecule has 19 heavy (non-hydrogen) atoms. The smallest absolute Gasteiger partial charge is 0.191 e. The van der Waals surface area contributed by atoms with Crippen LogP contribution in [0.25, 0.3) is 0 Å². The van der Waals surface area contributed by atoms with Gasteiger partial charge in [-0.1, -0.05) is 54.5 Å². The van der Waals surface area contributed by atoms with E-state index in [1.165, 1.54) is 11.3 Å². The standard InChI is InChI=1S/C14H15ClN2OS/c1-2-3-9-17(11-7-5-4-6-8-11)14-16-13(15)12(10-18)19-14/h4-8,10H,2-3,9H2,1H3. The van der Waals surface area contributed by atoms with Crippen LogP contribution in [-0.2, 0) is 0 Å². The second-order valence-electron chi connectivity index (χ2n) is 4.11. The van der Waals surface area contributed by atoms with E-state index in [-0.39, 0.29) is 5.15 Å². The number of halogens is 1. The first kappa shape index (κ1) is 14.0. The number of aromatic nitrogens is 1. The third-order valence-electron chi connectivity index (χ3n) is 2.74. The lowest BCUT2D eigenvalue weighted by Crippen LogP contribution is -2.17. The maximum Gasteiger partial charge on any atom is 0.191 e. The number of anilines is 2. The highest BCUT2D eigenvalue weighted by Gasteiger charge is 2.16. The topological polar surface area (TPSA) is 33.2 Å². The van der Waals surface area contributed by atoms with Crippen molar-refractivity contribution in [2.24, 2.45) is 0 Å². The second kappa shape index (κ2) is 6.68. The van der Waals surface area contributed by atoms with E-state index in [9.17, 15) is 4.79 Å². The van der Waals surface area contributed by atoms with Gasteiger partial charge in [0.15, 0.2) is 16.6 Å². The maximum absolute atomic E-state index is 10.9. The summed E-state index contributed by atoms with van der Waals surface area (Å²) in [6.07, 6.45) is 2.91. The number of hydrogen-bond donors (Lipinski definition) is 0. The van der Waals surface area contributed by atoms with E-state index >= 15 is 0 Å². The van der Waals surface area contributed by atoms with Crippen molar-refractivity contribution in [2.75, 3.05) is 11.4 Å². The van der Waals surface area contributed by atoms with Crippen LogP contribution in [0.5, 0.6) is 0 Å². The molecular weight excluding hydrogens is 280 g/mol. The average molecular weight is 295 g/mol. The van der Waals surface area contributed by atoms with Crippen LogP contribution in [0.2, 0.25) is 5.15 Å². The predicted molar refractivity (Wildman–Crippen MR) is 80.9 cm³/mol. The van der Waals surface area contributed by atoms with Crippen molar-refractivity contribution in [2.45, 2.75) is 19.8 Å². The Labute approximate surface area is 121 Å².